The Morgan fingerprint density at radius 2 is 2.05 bits per heavy atom. The quantitative estimate of drug-likeness (QED) is 0.574. The lowest BCUT2D eigenvalue weighted by molar-refractivity contribution is -0.146. The number of carboxylic acids is 1. The first-order valence-corrected chi connectivity index (χ1v) is 5.75. The average molecular weight is 271 g/mol. The van der Waals surface area contributed by atoms with Gasteiger partial charge in [0.1, 0.15) is 5.76 Å². The zero-order chi connectivity index (χ0) is 14.4. The molecular formula is C11H17N3O5. The van der Waals surface area contributed by atoms with Gasteiger partial charge in [-0.15, -0.1) is 0 Å². The predicted octanol–water partition coefficient (Wildman–Crippen LogP) is -0.0738. The number of hydrogen-bond acceptors (Lipinski definition) is 5. The van der Waals surface area contributed by atoms with Crippen LogP contribution in [-0.4, -0.2) is 39.8 Å². The van der Waals surface area contributed by atoms with E-state index in [4.69, 9.17) is 14.6 Å². The fraction of sp³-hybridized carbons (Fsp3) is 0.545. The second-order valence-electron chi connectivity index (χ2n) is 4.00. The maximum absolute atomic E-state index is 11.3. The fourth-order valence-electron chi connectivity index (χ4n) is 1.28. The Morgan fingerprint density at radius 3 is 2.58 bits per heavy atom. The van der Waals surface area contributed by atoms with Crippen molar-refractivity contribution in [3.05, 3.63) is 17.3 Å². The Labute approximate surface area is 109 Å². The summed E-state index contributed by atoms with van der Waals surface area (Å²) in [6.45, 7) is 3.78. The highest BCUT2D eigenvalue weighted by Crippen LogP contribution is 2.07. The lowest BCUT2D eigenvalue weighted by atomic mass is 10.2. The molecule has 8 nitrogen and oxygen atoms in total. The van der Waals surface area contributed by atoms with E-state index in [0.717, 1.165) is 5.69 Å². The van der Waals surface area contributed by atoms with Crippen molar-refractivity contribution in [3.8, 4) is 0 Å². The normalized spacial score (nSPS) is 11.9. The highest BCUT2D eigenvalue weighted by atomic mass is 16.4. The summed E-state index contributed by atoms with van der Waals surface area (Å²) in [4.78, 5) is 25.7. The standard InChI is InChI=1S/C11H17N3O5/c1-6-7(2)19-9(14-6)5-13-11(18)12-4-3-8(15)10(16)17/h8,15H,3-5H2,1-2H3,(H,16,17)(H2,12,13,18). The third-order valence-electron chi connectivity index (χ3n) is 2.46. The summed E-state index contributed by atoms with van der Waals surface area (Å²) in [5.41, 5.74) is 0.766. The Hall–Kier alpha value is -2.09. The number of hydrogen-bond donors (Lipinski definition) is 4. The SMILES string of the molecule is Cc1nc(CNC(=O)NCCC(O)C(=O)O)oc1C. The van der Waals surface area contributed by atoms with Gasteiger partial charge in [-0.2, -0.15) is 0 Å². The van der Waals surface area contributed by atoms with Gasteiger partial charge < -0.3 is 25.3 Å². The Morgan fingerprint density at radius 1 is 1.37 bits per heavy atom. The van der Waals surface area contributed by atoms with E-state index >= 15 is 0 Å². The Bertz CT molecular complexity index is 438. The maximum Gasteiger partial charge on any atom is 0.332 e. The Balaban J connectivity index is 2.23. The number of oxazole rings is 1. The van der Waals surface area contributed by atoms with E-state index in [1.807, 2.05) is 0 Å². The van der Waals surface area contributed by atoms with Crippen molar-refractivity contribution in [1.29, 1.82) is 0 Å². The minimum absolute atomic E-state index is 0.0556. The van der Waals surface area contributed by atoms with Gasteiger partial charge in [-0.3, -0.25) is 0 Å². The zero-order valence-electron chi connectivity index (χ0n) is 10.8. The topological polar surface area (TPSA) is 125 Å². The summed E-state index contributed by atoms with van der Waals surface area (Å²) in [6, 6.07) is -0.480. The Kier molecular flexibility index (Phi) is 5.31. The van der Waals surface area contributed by atoms with Gasteiger partial charge in [-0.25, -0.2) is 14.6 Å². The van der Waals surface area contributed by atoms with Crippen LogP contribution in [-0.2, 0) is 11.3 Å². The first kappa shape index (κ1) is 15.0. The van der Waals surface area contributed by atoms with Crippen molar-refractivity contribution in [1.82, 2.24) is 15.6 Å². The van der Waals surface area contributed by atoms with Gasteiger partial charge in [0.2, 0.25) is 5.89 Å². The third-order valence-corrected chi connectivity index (χ3v) is 2.46. The molecule has 0 aliphatic rings. The van der Waals surface area contributed by atoms with E-state index in [1.165, 1.54) is 0 Å². The summed E-state index contributed by atoms with van der Waals surface area (Å²) in [5.74, 6) is -0.217. The van der Waals surface area contributed by atoms with E-state index in [2.05, 4.69) is 15.6 Å². The number of urea groups is 1. The summed E-state index contributed by atoms with van der Waals surface area (Å²) in [6.07, 6.45) is -1.53. The molecule has 0 bridgehead atoms. The largest absolute Gasteiger partial charge is 0.479 e. The minimum Gasteiger partial charge on any atom is -0.479 e. The zero-order valence-corrected chi connectivity index (χ0v) is 10.8. The predicted molar refractivity (Wildman–Crippen MR) is 64.5 cm³/mol. The van der Waals surface area contributed by atoms with E-state index in [9.17, 15) is 9.59 Å². The van der Waals surface area contributed by atoms with Gasteiger partial charge in [-0.05, 0) is 13.8 Å². The number of aryl methyl sites for hydroxylation is 2. The molecular weight excluding hydrogens is 254 g/mol. The highest BCUT2D eigenvalue weighted by molar-refractivity contribution is 5.74. The summed E-state index contributed by atoms with van der Waals surface area (Å²) >= 11 is 0. The van der Waals surface area contributed by atoms with Crippen molar-refractivity contribution in [2.45, 2.75) is 32.9 Å². The van der Waals surface area contributed by atoms with Crippen LogP contribution < -0.4 is 10.6 Å². The molecule has 0 saturated heterocycles. The minimum atomic E-state index is -1.47. The lowest BCUT2D eigenvalue weighted by Crippen LogP contribution is -2.37. The molecule has 1 aromatic rings. The molecule has 1 rings (SSSR count). The van der Waals surface area contributed by atoms with Crippen molar-refractivity contribution < 1.29 is 24.2 Å². The van der Waals surface area contributed by atoms with Crippen LogP contribution in [0.3, 0.4) is 0 Å². The number of rotatable bonds is 6. The number of carbonyl (C=O) groups is 2. The van der Waals surface area contributed by atoms with Gasteiger partial charge in [0, 0.05) is 13.0 Å². The van der Waals surface area contributed by atoms with Crippen LogP contribution in [0.15, 0.2) is 4.42 Å². The number of aliphatic hydroxyl groups is 1. The van der Waals surface area contributed by atoms with Gasteiger partial charge in [0.25, 0.3) is 0 Å². The molecule has 8 heteroatoms. The molecule has 0 aromatic carbocycles. The number of aromatic nitrogens is 1. The lowest BCUT2D eigenvalue weighted by Gasteiger charge is -2.07. The fourth-order valence-corrected chi connectivity index (χ4v) is 1.28. The maximum atomic E-state index is 11.3. The molecule has 0 fully saturated rings. The van der Waals surface area contributed by atoms with Crippen LogP contribution >= 0.6 is 0 Å². The molecule has 4 N–H and O–H groups in total. The second kappa shape index (κ2) is 6.74. The van der Waals surface area contributed by atoms with Crippen molar-refractivity contribution >= 4 is 12.0 Å². The van der Waals surface area contributed by atoms with Gasteiger partial charge in [0.15, 0.2) is 6.10 Å². The van der Waals surface area contributed by atoms with Crippen LogP contribution in [0.4, 0.5) is 4.79 Å². The van der Waals surface area contributed by atoms with E-state index in [-0.39, 0.29) is 19.5 Å². The second-order valence-corrected chi connectivity index (χ2v) is 4.00. The molecule has 0 radical (unpaired) electrons. The molecule has 0 saturated carbocycles. The number of aliphatic hydroxyl groups excluding tert-OH is 1. The summed E-state index contributed by atoms with van der Waals surface area (Å²) in [7, 11) is 0. The van der Waals surface area contributed by atoms with Gasteiger partial charge in [-0.1, -0.05) is 0 Å². The van der Waals surface area contributed by atoms with Crippen LogP contribution in [0.5, 0.6) is 0 Å². The molecule has 1 unspecified atom stereocenters. The molecule has 0 aliphatic carbocycles. The van der Waals surface area contributed by atoms with Gasteiger partial charge in [0.05, 0.1) is 12.2 Å². The van der Waals surface area contributed by atoms with E-state index < -0.39 is 18.1 Å². The molecule has 1 heterocycles. The molecule has 0 aliphatic heterocycles. The smallest absolute Gasteiger partial charge is 0.332 e. The van der Waals surface area contributed by atoms with E-state index in [1.54, 1.807) is 13.8 Å². The number of carbonyl (C=O) groups excluding carboxylic acids is 1. The van der Waals surface area contributed by atoms with Crippen LogP contribution in [0.2, 0.25) is 0 Å². The molecule has 1 atom stereocenters. The van der Waals surface area contributed by atoms with Crippen molar-refractivity contribution in [3.63, 3.8) is 0 Å². The first-order chi connectivity index (χ1) is 8.90. The molecule has 0 spiro atoms. The summed E-state index contributed by atoms with van der Waals surface area (Å²) in [5, 5.41) is 22.3. The van der Waals surface area contributed by atoms with E-state index in [0.29, 0.717) is 11.7 Å². The number of nitrogens with one attached hydrogen (secondary N) is 2. The molecule has 1 aromatic heterocycles. The number of nitrogens with zero attached hydrogens (tertiary/aromatic N) is 1. The highest BCUT2D eigenvalue weighted by Gasteiger charge is 2.13. The number of aliphatic carboxylic acids is 1. The van der Waals surface area contributed by atoms with Crippen molar-refractivity contribution in [2.24, 2.45) is 0 Å². The molecule has 19 heavy (non-hydrogen) atoms. The average Bonchev–Trinajstić information content (AvgIpc) is 2.66. The van der Waals surface area contributed by atoms with Crippen LogP contribution in [0.1, 0.15) is 23.8 Å². The number of carboxylic acid groups (broad SMARTS) is 1. The first-order valence-electron chi connectivity index (χ1n) is 5.75. The third kappa shape index (κ3) is 4.96. The summed E-state index contributed by atoms with van der Waals surface area (Å²) < 4.78 is 5.27. The monoisotopic (exact) mass is 271 g/mol. The number of amides is 2. The van der Waals surface area contributed by atoms with Gasteiger partial charge >= 0.3 is 12.0 Å². The molecule has 2 amide bonds. The van der Waals surface area contributed by atoms with Crippen LogP contribution in [0.25, 0.3) is 0 Å². The molecule has 106 valence electrons. The van der Waals surface area contributed by atoms with Crippen molar-refractivity contribution in [2.75, 3.05) is 6.54 Å². The van der Waals surface area contributed by atoms with Crippen LogP contribution in [0, 0.1) is 13.8 Å².